The lowest BCUT2D eigenvalue weighted by Gasteiger charge is -2.07. The van der Waals surface area contributed by atoms with Gasteiger partial charge in [-0.3, -0.25) is 9.00 Å². The van der Waals surface area contributed by atoms with Gasteiger partial charge in [-0.2, -0.15) is 0 Å². The highest BCUT2D eigenvalue weighted by atomic mass is 35.5. The van der Waals surface area contributed by atoms with E-state index in [9.17, 15) is 9.00 Å². The normalized spacial score (nSPS) is 12.3. The highest BCUT2D eigenvalue weighted by molar-refractivity contribution is 7.84. The molecule has 0 aliphatic heterocycles. The lowest BCUT2D eigenvalue weighted by atomic mass is 10.1. The number of hydrogen-bond acceptors (Lipinski definition) is 2. The second kappa shape index (κ2) is 5.50. The van der Waals surface area contributed by atoms with E-state index in [-0.39, 0.29) is 12.3 Å². The summed E-state index contributed by atoms with van der Waals surface area (Å²) in [6, 6.07) is 8.56. The monoisotopic (exact) mass is 281 g/mol. The van der Waals surface area contributed by atoms with E-state index in [2.05, 4.69) is 0 Å². The summed E-state index contributed by atoms with van der Waals surface area (Å²) in [5.41, 5.74) is 0.428. The molecule has 0 N–H and O–H groups in total. The number of rotatable bonds is 4. The van der Waals surface area contributed by atoms with Gasteiger partial charge in [0.2, 0.25) is 0 Å². The average Bonchev–Trinajstić information content (AvgIpc) is 2.81. The van der Waals surface area contributed by atoms with Crippen molar-refractivity contribution in [3.8, 4) is 0 Å². The van der Waals surface area contributed by atoms with Crippen LogP contribution in [0.4, 0.5) is 0 Å². The Kier molecular flexibility index (Phi) is 3.99. The van der Waals surface area contributed by atoms with Gasteiger partial charge < -0.3 is 4.57 Å². The second-order valence-electron chi connectivity index (χ2n) is 3.87. The minimum absolute atomic E-state index is 0.0982. The van der Waals surface area contributed by atoms with Gasteiger partial charge in [0.05, 0.1) is 17.3 Å². The van der Waals surface area contributed by atoms with Gasteiger partial charge in [-0.05, 0) is 30.3 Å². The molecule has 0 aliphatic carbocycles. The lowest BCUT2D eigenvalue weighted by Crippen LogP contribution is -2.11. The first-order valence-corrected chi connectivity index (χ1v) is 7.28. The Bertz CT molecular complexity index is 593. The molecule has 3 nitrogen and oxygen atoms in total. The molecule has 18 heavy (non-hydrogen) atoms. The maximum Gasteiger partial charge on any atom is 0.183 e. The van der Waals surface area contributed by atoms with E-state index >= 15 is 0 Å². The molecule has 0 bridgehead atoms. The highest BCUT2D eigenvalue weighted by Crippen LogP contribution is 2.19. The van der Waals surface area contributed by atoms with Crippen LogP contribution in [0, 0.1) is 0 Å². The maximum absolute atomic E-state index is 12.2. The number of nitrogens with zero attached hydrogens (tertiary/aromatic N) is 1. The fourth-order valence-electron chi connectivity index (χ4n) is 1.70. The zero-order valence-corrected chi connectivity index (χ0v) is 11.4. The first-order valence-electron chi connectivity index (χ1n) is 5.35. The van der Waals surface area contributed by atoms with Gasteiger partial charge in [0.25, 0.3) is 0 Å². The number of Topliss-reactive ketones (excluding diaryl/α,β-unsaturated/α-hetero) is 1. The Morgan fingerprint density at radius 2 is 2.00 bits per heavy atom. The molecule has 1 atom stereocenters. The SMILES string of the molecule is CS(=O)c1ccc(Cl)cc1C(=O)Cn1cccc1. The van der Waals surface area contributed by atoms with E-state index in [1.807, 2.05) is 24.5 Å². The molecule has 1 heterocycles. The first kappa shape index (κ1) is 13.1. The van der Waals surface area contributed by atoms with Gasteiger partial charge in [-0.25, -0.2) is 0 Å². The van der Waals surface area contributed by atoms with Gasteiger partial charge in [0, 0.05) is 34.1 Å². The van der Waals surface area contributed by atoms with E-state index in [1.54, 1.807) is 29.0 Å². The topological polar surface area (TPSA) is 39.1 Å². The Hall–Kier alpha value is -1.39. The fraction of sp³-hybridized carbons (Fsp3) is 0.154. The summed E-state index contributed by atoms with van der Waals surface area (Å²) in [5.74, 6) is -0.0982. The van der Waals surface area contributed by atoms with Crippen LogP contribution in [-0.4, -0.2) is 20.8 Å². The second-order valence-corrected chi connectivity index (χ2v) is 5.66. The van der Waals surface area contributed by atoms with Crippen LogP contribution in [-0.2, 0) is 17.3 Å². The van der Waals surface area contributed by atoms with Crippen molar-refractivity contribution >= 4 is 28.2 Å². The van der Waals surface area contributed by atoms with Gasteiger partial charge in [0.1, 0.15) is 0 Å². The van der Waals surface area contributed by atoms with Crippen molar-refractivity contribution in [3.05, 3.63) is 53.3 Å². The molecule has 0 saturated carbocycles. The van der Waals surface area contributed by atoms with Crippen molar-refractivity contribution in [2.24, 2.45) is 0 Å². The quantitative estimate of drug-likeness (QED) is 0.809. The van der Waals surface area contributed by atoms with Crippen LogP contribution >= 0.6 is 11.6 Å². The Labute approximate surface area is 113 Å². The third-order valence-corrected chi connectivity index (χ3v) is 3.75. The van der Waals surface area contributed by atoms with Crippen molar-refractivity contribution in [2.75, 3.05) is 6.26 Å². The Balaban J connectivity index is 2.34. The van der Waals surface area contributed by atoms with E-state index in [0.29, 0.717) is 15.5 Å². The molecular weight excluding hydrogens is 270 g/mol. The molecule has 0 saturated heterocycles. The summed E-state index contributed by atoms with van der Waals surface area (Å²) >= 11 is 5.89. The summed E-state index contributed by atoms with van der Waals surface area (Å²) in [6.45, 7) is 0.220. The molecule has 1 aromatic carbocycles. The van der Waals surface area contributed by atoms with Crippen LogP contribution in [0.15, 0.2) is 47.6 Å². The number of ketones is 1. The largest absolute Gasteiger partial charge is 0.347 e. The molecule has 0 amide bonds. The summed E-state index contributed by atoms with van der Waals surface area (Å²) in [6.07, 6.45) is 5.17. The average molecular weight is 282 g/mol. The Morgan fingerprint density at radius 1 is 1.33 bits per heavy atom. The molecule has 0 spiro atoms. The lowest BCUT2D eigenvalue weighted by molar-refractivity contribution is 0.0969. The van der Waals surface area contributed by atoms with Crippen LogP contribution < -0.4 is 0 Å². The molecule has 0 fully saturated rings. The summed E-state index contributed by atoms with van der Waals surface area (Å²) < 4.78 is 13.4. The number of carbonyl (C=O) groups excluding carboxylic acids is 1. The molecule has 1 aromatic heterocycles. The van der Waals surface area contributed by atoms with Gasteiger partial charge in [-0.1, -0.05) is 11.6 Å². The summed E-state index contributed by atoms with van der Waals surface area (Å²) in [7, 11) is -1.21. The number of benzene rings is 1. The summed E-state index contributed by atoms with van der Waals surface area (Å²) in [5, 5.41) is 0.472. The number of carbonyl (C=O) groups is 1. The molecule has 0 radical (unpaired) electrons. The van der Waals surface area contributed by atoms with Crippen LogP contribution in [0.25, 0.3) is 0 Å². The zero-order chi connectivity index (χ0) is 13.1. The molecule has 94 valence electrons. The maximum atomic E-state index is 12.2. The van der Waals surface area contributed by atoms with Crippen molar-refractivity contribution in [1.29, 1.82) is 0 Å². The standard InChI is InChI=1S/C13H12ClNO2S/c1-18(17)13-5-4-10(14)8-11(13)12(16)9-15-6-2-3-7-15/h2-8H,9H2,1H3. The van der Waals surface area contributed by atoms with Crippen LogP contribution in [0.3, 0.4) is 0 Å². The van der Waals surface area contributed by atoms with E-state index in [4.69, 9.17) is 11.6 Å². The van der Waals surface area contributed by atoms with E-state index in [1.165, 1.54) is 0 Å². The van der Waals surface area contributed by atoms with Crippen LogP contribution in [0.2, 0.25) is 5.02 Å². The van der Waals surface area contributed by atoms with E-state index < -0.39 is 10.8 Å². The van der Waals surface area contributed by atoms with Crippen molar-refractivity contribution in [2.45, 2.75) is 11.4 Å². The Morgan fingerprint density at radius 3 is 2.61 bits per heavy atom. The fourth-order valence-corrected chi connectivity index (χ4v) is 2.61. The van der Waals surface area contributed by atoms with Gasteiger partial charge in [-0.15, -0.1) is 0 Å². The zero-order valence-electron chi connectivity index (χ0n) is 9.80. The minimum Gasteiger partial charge on any atom is -0.347 e. The highest BCUT2D eigenvalue weighted by Gasteiger charge is 2.14. The predicted molar refractivity (Wildman–Crippen MR) is 72.5 cm³/mol. The van der Waals surface area contributed by atoms with Crippen molar-refractivity contribution < 1.29 is 9.00 Å². The molecular formula is C13H12ClNO2S. The van der Waals surface area contributed by atoms with Crippen molar-refractivity contribution in [3.63, 3.8) is 0 Å². The van der Waals surface area contributed by atoms with E-state index in [0.717, 1.165) is 0 Å². The molecule has 2 aromatic rings. The third-order valence-electron chi connectivity index (χ3n) is 2.54. The third kappa shape index (κ3) is 2.89. The smallest absolute Gasteiger partial charge is 0.183 e. The predicted octanol–water partition coefficient (Wildman–Crippen LogP) is 2.76. The number of aromatic nitrogens is 1. The van der Waals surface area contributed by atoms with Gasteiger partial charge in [0.15, 0.2) is 5.78 Å². The molecule has 5 heteroatoms. The number of halogens is 1. The van der Waals surface area contributed by atoms with Gasteiger partial charge >= 0.3 is 0 Å². The van der Waals surface area contributed by atoms with Crippen molar-refractivity contribution in [1.82, 2.24) is 4.57 Å². The molecule has 1 unspecified atom stereocenters. The van der Waals surface area contributed by atoms with Crippen LogP contribution in [0.5, 0.6) is 0 Å². The molecule has 2 rings (SSSR count). The molecule has 0 aliphatic rings. The first-order chi connectivity index (χ1) is 8.58. The van der Waals surface area contributed by atoms with Crippen LogP contribution in [0.1, 0.15) is 10.4 Å². The summed E-state index contributed by atoms with van der Waals surface area (Å²) in [4.78, 5) is 12.7. The number of hydrogen-bond donors (Lipinski definition) is 0. The minimum atomic E-state index is -1.21.